The molecule has 1 saturated heterocycles. The van der Waals surface area contributed by atoms with E-state index in [9.17, 15) is 4.79 Å². The number of amides is 1. The van der Waals surface area contributed by atoms with Crippen molar-refractivity contribution in [3.63, 3.8) is 0 Å². The van der Waals surface area contributed by atoms with E-state index in [1.807, 2.05) is 11.9 Å². The molecule has 0 spiro atoms. The van der Waals surface area contributed by atoms with E-state index in [-0.39, 0.29) is 11.9 Å². The summed E-state index contributed by atoms with van der Waals surface area (Å²) in [6.07, 6.45) is 6.84. The van der Waals surface area contributed by atoms with Gasteiger partial charge in [-0.05, 0) is 24.7 Å². The molecule has 1 aliphatic carbocycles. The van der Waals surface area contributed by atoms with Crippen molar-refractivity contribution in [2.75, 3.05) is 13.1 Å². The molecule has 5 nitrogen and oxygen atoms in total. The van der Waals surface area contributed by atoms with Crippen molar-refractivity contribution in [3.8, 4) is 0 Å². The van der Waals surface area contributed by atoms with Crippen molar-refractivity contribution in [2.45, 2.75) is 25.3 Å². The molecule has 2 aliphatic rings. The summed E-state index contributed by atoms with van der Waals surface area (Å²) in [6, 6.07) is 0.271. The average Bonchev–Trinajstić information content (AvgIpc) is 2.95. The van der Waals surface area contributed by atoms with Crippen molar-refractivity contribution in [3.05, 3.63) is 18.2 Å². The molecule has 3 unspecified atom stereocenters. The zero-order chi connectivity index (χ0) is 12.7. The van der Waals surface area contributed by atoms with Gasteiger partial charge in [-0.3, -0.25) is 4.79 Å². The molecule has 0 radical (unpaired) electrons. The Hall–Kier alpha value is -1.36. The van der Waals surface area contributed by atoms with E-state index in [1.54, 1.807) is 17.1 Å². The number of carbonyl (C=O) groups is 1. The van der Waals surface area contributed by atoms with Gasteiger partial charge < -0.3 is 15.2 Å². The summed E-state index contributed by atoms with van der Waals surface area (Å²) in [6.45, 7) is 1.68. The zero-order valence-electron chi connectivity index (χ0n) is 10.7. The van der Waals surface area contributed by atoms with Crippen molar-refractivity contribution < 1.29 is 4.79 Å². The molecule has 0 aromatic carbocycles. The van der Waals surface area contributed by atoms with E-state index >= 15 is 0 Å². The lowest BCUT2D eigenvalue weighted by molar-refractivity contribution is 0.0774. The fraction of sp³-hybridized carbons (Fsp3) is 0.692. The van der Waals surface area contributed by atoms with E-state index in [4.69, 9.17) is 5.73 Å². The molecule has 5 heteroatoms. The number of fused-ring (bicyclic) bond motifs is 1. The minimum absolute atomic E-state index is 0.0941. The van der Waals surface area contributed by atoms with Gasteiger partial charge in [0.1, 0.15) is 5.69 Å². The third kappa shape index (κ3) is 1.82. The minimum Gasteiger partial charge on any atom is -0.337 e. The van der Waals surface area contributed by atoms with Gasteiger partial charge in [0.25, 0.3) is 5.91 Å². The van der Waals surface area contributed by atoms with Crippen LogP contribution in [0, 0.1) is 11.8 Å². The van der Waals surface area contributed by atoms with Gasteiger partial charge in [-0.2, -0.15) is 0 Å². The average molecular weight is 248 g/mol. The predicted octanol–water partition coefficient (Wildman–Crippen LogP) is 0.620. The Balaban J connectivity index is 1.75. The van der Waals surface area contributed by atoms with Gasteiger partial charge in [0.15, 0.2) is 0 Å². The highest BCUT2D eigenvalue weighted by Gasteiger charge is 2.40. The zero-order valence-corrected chi connectivity index (χ0v) is 10.7. The number of hydrogen-bond acceptors (Lipinski definition) is 3. The number of hydrogen-bond donors (Lipinski definition) is 1. The smallest absolute Gasteiger partial charge is 0.272 e. The van der Waals surface area contributed by atoms with Gasteiger partial charge in [-0.15, -0.1) is 0 Å². The molecule has 3 rings (SSSR count). The molecule has 3 atom stereocenters. The molecule has 0 bridgehead atoms. The molecule has 1 aromatic rings. The van der Waals surface area contributed by atoms with Gasteiger partial charge in [-0.1, -0.05) is 6.42 Å². The van der Waals surface area contributed by atoms with Crippen molar-refractivity contribution in [2.24, 2.45) is 24.6 Å². The molecular formula is C13H20N4O. The molecule has 1 aliphatic heterocycles. The Labute approximate surface area is 107 Å². The number of aromatic nitrogens is 2. The molecule has 18 heavy (non-hydrogen) atoms. The normalized spacial score (nSPS) is 31.4. The number of nitrogens with zero attached hydrogens (tertiary/aromatic N) is 3. The molecule has 2 N–H and O–H groups in total. The molecule has 2 fully saturated rings. The number of aryl methyl sites for hydroxylation is 1. The Bertz CT molecular complexity index is 456. The fourth-order valence-corrected chi connectivity index (χ4v) is 3.41. The lowest BCUT2D eigenvalue weighted by Gasteiger charge is -2.29. The van der Waals surface area contributed by atoms with Crippen LogP contribution in [0.3, 0.4) is 0 Å². The summed E-state index contributed by atoms with van der Waals surface area (Å²) in [5, 5.41) is 0. The third-order valence-electron chi connectivity index (χ3n) is 4.48. The van der Waals surface area contributed by atoms with E-state index in [0.29, 0.717) is 17.5 Å². The van der Waals surface area contributed by atoms with Crippen LogP contribution >= 0.6 is 0 Å². The van der Waals surface area contributed by atoms with Crippen LogP contribution in [-0.2, 0) is 7.05 Å². The number of carbonyl (C=O) groups excluding carboxylic acids is 1. The number of imidazole rings is 1. The largest absolute Gasteiger partial charge is 0.337 e. The van der Waals surface area contributed by atoms with Gasteiger partial charge in [0.2, 0.25) is 0 Å². The van der Waals surface area contributed by atoms with Crippen molar-refractivity contribution in [1.29, 1.82) is 0 Å². The second kappa shape index (κ2) is 4.39. The summed E-state index contributed by atoms with van der Waals surface area (Å²) in [4.78, 5) is 18.4. The van der Waals surface area contributed by atoms with Gasteiger partial charge in [0.05, 0.1) is 12.5 Å². The Kier molecular flexibility index (Phi) is 2.86. The third-order valence-corrected chi connectivity index (χ3v) is 4.48. The van der Waals surface area contributed by atoms with Crippen molar-refractivity contribution >= 4 is 5.91 Å². The highest BCUT2D eigenvalue weighted by atomic mass is 16.2. The maximum absolute atomic E-state index is 12.4. The number of rotatable bonds is 1. The second-order valence-electron chi connectivity index (χ2n) is 5.62. The summed E-state index contributed by atoms with van der Waals surface area (Å²) in [5.41, 5.74) is 6.84. The van der Waals surface area contributed by atoms with E-state index in [1.165, 1.54) is 12.8 Å². The topological polar surface area (TPSA) is 64.2 Å². The fourth-order valence-electron chi connectivity index (χ4n) is 3.41. The van der Waals surface area contributed by atoms with Gasteiger partial charge in [-0.25, -0.2) is 4.98 Å². The summed E-state index contributed by atoms with van der Waals surface area (Å²) < 4.78 is 1.78. The Morgan fingerprint density at radius 2 is 2.28 bits per heavy atom. The van der Waals surface area contributed by atoms with Gasteiger partial charge >= 0.3 is 0 Å². The first-order chi connectivity index (χ1) is 8.66. The van der Waals surface area contributed by atoms with Crippen LogP contribution in [-0.4, -0.2) is 39.5 Å². The molecule has 1 amide bonds. The van der Waals surface area contributed by atoms with E-state index in [0.717, 1.165) is 19.5 Å². The minimum atomic E-state index is 0.0941. The first kappa shape index (κ1) is 11.7. The van der Waals surface area contributed by atoms with Crippen LogP contribution in [0.2, 0.25) is 0 Å². The SMILES string of the molecule is Cn1cncc1C(=O)N1CC2CCCC(N)C2C1. The van der Waals surface area contributed by atoms with Crippen LogP contribution in [0.15, 0.2) is 12.5 Å². The molecule has 98 valence electrons. The second-order valence-corrected chi connectivity index (χ2v) is 5.62. The predicted molar refractivity (Wildman–Crippen MR) is 67.9 cm³/mol. The summed E-state index contributed by atoms with van der Waals surface area (Å²) >= 11 is 0. The van der Waals surface area contributed by atoms with E-state index in [2.05, 4.69) is 4.98 Å². The maximum atomic E-state index is 12.4. The quantitative estimate of drug-likeness (QED) is 0.792. The summed E-state index contributed by atoms with van der Waals surface area (Å²) in [7, 11) is 1.86. The lowest BCUT2D eigenvalue weighted by atomic mass is 9.78. The van der Waals surface area contributed by atoms with Gasteiger partial charge in [0, 0.05) is 26.2 Å². The monoisotopic (exact) mass is 248 g/mol. The first-order valence-electron chi connectivity index (χ1n) is 6.68. The highest BCUT2D eigenvalue weighted by molar-refractivity contribution is 5.92. The van der Waals surface area contributed by atoms with Crippen LogP contribution in [0.5, 0.6) is 0 Å². The number of nitrogens with two attached hydrogens (primary N) is 1. The molecule has 1 aromatic heterocycles. The summed E-state index contributed by atoms with van der Waals surface area (Å²) in [5.74, 6) is 1.19. The molecule has 1 saturated carbocycles. The van der Waals surface area contributed by atoms with Crippen LogP contribution in [0.4, 0.5) is 0 Å². The molecule has 2 heterocycles. The number of likely N-dealkylation sites (tertiary alicyclic amines) is 1. The molecular weight excluding hydrogens is 228 g/mol. The highest BCUT2D eigenvalue weighted by Crippen LogP contribution is 2.35. The lowest BCUT2D eigenvalue weighted by Crippen LogP contribution is -2.38. The Morgan fingerprint density at radius 3 is 2.94 bits per heavy atom. The Morgan fingerprint density at radius 1 is 1.44 bits per heavy atom. The van der Waals surface area contributed by atoms with Crippen LogP contribution < -0.4 is 5.73 Å². The van der Waals surface area contributed by atoms with E-state index < -0.39 is 0 Å². The maximum Gasteiger partial charge on any atom is 0.272 e. The van der Waals surface area contributed by atoms with Crippen molar-refractivity contribution in [1.82, 2.24) is 14.5 Å². The standard InChI is InChI=1S/C13H20N4O/c1-16-8-15-5-12(16)13(18)17-6-9-3-2-4-11(14)10(9)7-17/h5,8-11H,2-4,6-7,14H2,1H3. The van der Waals surface area contributed by atoms with Crippen LogP contribution in [0.25, 0.3) is 0 Å². The van der Waals surface area contributed by atoms with Crippen LogP contribution in [0.1, 0.15) is 29.8 Å². The first-order valence-corrected chi connectivity index (χ1v) is 6.68.